The van der Waals surface area contributed by atoms with Crippen LogP contribution in [0.5, 0.6) is 0 Å². The van der Waals surface area contributed by atoms with Gasteiger partial charge in [-0.1, -0.05) is 18.2 Å². The van der Waals surface area contributed by atoms with E-state index in [0.29, 0.717) is 54.7 Å². The van der Waals surface area contributed by atoms with Gasteiger partial charge in [0.05, 0.1) is 17.5 Å². The summed E-state index contributed by atoms with van der Waals surface area (Å²) in [5.41, 5.74) is 1.52. The zero-order valence-electron chi connectivity index (χ0n) is 15.0. The van der Waals surface area contributed by atoms with Crippen molar-refractivity contribution in [3.05, 3.63) is 70.3 Å². The van der Waals surface area contributed by atoms with Gasteiger partial charge in [0, 0.05) is 25.1 Å². The molecule has 2 heterocycles. The first kappa shape index (κ1) is 18.7. The predicted octanol–water partition coefficient (Wildman–Crippen LogP) is 4.59. The van der Waals surface area contributed by atoms with E-state index in [1.165, 1.54) is 18.2 Å². The van der Waals surface area contributed by atoms with Crippen molar-refractivity contribution in [2.75, 3.05) is 13.1 Å². The third-order valence-corrected chi connectivity index (χ3v) is 5.42. The fourth-order valence-corrected chi connectivity index (χ4v) is 4.03. The summed E-state index contributed by atoms with van der Waals surface area (Å²) in [6.07, 6.45) is -0.311. The number of benzene rings is 1. The first-order chi connectivity index (χ1) is 13.3. The maximum Gasteiger partial charge on any atom is 0.416 e. The third kappa shape index (κ3) is 3.53. The van der Waals surface area contributed by atoms with Crippen LogP contribution in [0, 0.1) is 5.82 Å². The minimum atomic E-state index is -4.38. The number of alkyl halides is 3. The van der Waals surface area contributed by atoms with Gasteiger partial charge in [-0.15, -0.1) is 0 Å². The van der Waals surface area contributed by atoms with Crippen LogP contribution in [0.15, 0.2) is 42.1 Å². The number of likely N-dealkylation sites (tertiary alicyclic amines) is 1. The quantitative estimate of drug-likeness (QED) is 0.703. The molecule has 0 saturated carbocycles. The lowest BCUT2D eigenvalue weighted by Gasteiger charge is -2.33. The Morgan fingerprint density at radius 3 is 2.57 bits per heavy atom. The van der Waals surface area contributed by atoms with E-state index in [1.807, 2.05) is 0 Å². The number of carbonyl (C=O) groups is 1. The van der Waals surface area contributed by atoms with Gasteiger partial charge < -0.3 is 4.90 Å². The molecule has 1 saturated heterocycles. The molecule has 0 unspecified atom stereocenters. The Balaban J connectivity index is 1.44. The standard InChI is InChI=1S/C21H18F4N2O/c22-16-10-14-9-15(11-19(14)26-12-16)20(28)27-7-5-13(6-8-27)17-3-1-2-4-18(17)21(23,24)25/h1-4,10-13H,5-9H2. The molecule has 1 aromatic carbocycles. The number of rotatable bonds is 2. The Labute approximate surface area is 159 Å². The van der Waals surface area contributed by atoms with Crippen LogP contribution < -0.4 is 0 Å². The fraction of sp³-hybridized carbons (Fsp3) is 0.333. The molecule has 0 spiro atoms. The number of fused-ring (bicyclic) bond motifs is 1. The van der Waals surface area contributed by atoms with Crippen molar-refractivity contribution in [1.29, 1.82) is 0 Å². The normalized spacial score (nSPS) is 17.4. The van der Waals surface area contributed by atoms with Crippen molar-refractivity contribution in [3.8, 4) is 0 Å². The second kappa shape index (κ2) is 7.04. The molecule has 0 radical (unpaired) electrons. The molecule has 1 aliphatic carbocycles. The van der Waals surface area contributed by atoms with Crippen LogP contribution in [-0.4, -0.2) is 28.9 Å². The van der Waals surface area contributed by atoms with E-state index in [0.717, 1.165) is 12.3 Å². The lowest BCUT2D eigenvalue weighted by molar-refractivity contribution is -0.138. The van der Waals surface area contributed by atoms with Gasteiger partial charge in [-0.2, -0.15) is 13.2 Å². The number of hydrogen-bond acceptors (Lipinski definition) is 2. The number of carbonyl (C=O) groups excluding carboxylic acids is 1. The largest absolute Gasteiger partial charge is 0.416 e. The maximum atomic E-state index is 13.3. The van der Waals surface area contributed by atoms with E-state index in [9.17, 15) is 22.4 Å². The average Bonchev–Trinajstić information content (AvgIpc) is 3.10. The minimum absolute atomic E-state index is 0.152. The average molecular weight is 390 g/mol. The Bertz CT molecular complexity index is 944. The molecule has 1 aromatic heterocycles. The molecule has 4 rings (SSSR count). The smallest absolute Gasteiger partial charge is 0.339 e. The lowest BCUT2D eigenvalue weighted by Crippen LogP contribution is -2.39. The first-order valence-electron chi connectivity index (χ1n) is 9.13. The number of aromatic nitrogens is 1. The Morgan fingerprint density at radius 1 is 1.14 bits per heavy atom. The van der Waals surface area contributed by atoms with E-state index in [2.05, 4.69) is 4.98 Å². The SMILES string of the molecule is O=C(C1=Cc2ncc(F)cc2C1)N1CCC(c2ccccc2C(F)(F)F)CC1. The summed E-state index contributed by atoms with van der Waals surface area (Å²) in [6.45, 7) is 0.788. The van der Waals surface area contributed by atoms with Crippen LogP contribution in [0.4, 0.5) is 17.6 Å². The van der Waals surface area contributed by atoms with Gasteiger partial charge in [-0.25, -0.2) is 4.39 Å². The zero-order chi connectivity index (χ0) is 19.9. The summed E-state index contributed by atoms with van der Waals surface area (Å²) < 4.78 is 53.1. The second-order valence-corrected chi connectivity index (χ2v) is 7.20. The summed E-state index contributed by atoms with van der Waals surface area (Å²) >= 11 is 0. The summed E-state index contributed by atoms with van der Waals surface area (Å²) in [5, 5.41) is 0. The molecule has 2 aliphatic rings. The van der Waals surface area contributed by atoms with Crippen molar-refractivity contribution >= 4 is 12.0 Å². The number of nitrogens with zero attached hydrogens (tertiary/aromatic N) is 2. The van der Waals surface area contributed by atoms with Crippen molar-refractivity contribution in [2.45, 2.75) is 31.4 Å². The van der Waals surface area contributed by atoms with Crippen molar-refractivity contribution in [3.63, 3.8) is 0 Å². The van der Waals surface area contributed by atoms with Gasteiger partial charge in [0.15, 0.2) is 0 Å². The summed E-state index contributed by atoms with van der Waals surface area (Å²) in [6, 6.07) is 7.03. The summed E-state index contributed by atoms with van der Waals surface area (Å²) in [4.78, 5) is 18.4. The van der Waals surface area contributed by atoms with Crippen molar-refractivity contribution < 1.29 is 22.4 Å². The van der Waals surface area contributed by atoms with E-state index in [4.69, 9.17) is 0 Å². The molecule has 28 heavy (non-hydrogen) atoms. The van der Waals surface area contributed by atoms with Gasteiger partial charge in [0.1, 0.15) is 5.82 Å². The Kier molecular flexibility index (Phi) is 4.69. The van der Waals surface area contributed by atoms with E-state index >= 15 is 0 Å². The first-order valence-corrected chi connectivity index (χ1v) is 9.13. The van der Waals surface area contributed by atoms with Gasteiger partial charge >= 0.3 is 6.18 Å². The van der Waals surface area contributed by atoms with Gasteiger partial charge in [-0.3, -0.25) is 9.78 Å². The molecule has 2 aromatic rings. The van der Waals surface area contributed by atoms with Crippen LogP contribution in [0.3, 0.4) is 0 Å². The maximum absolute atomic E-state index is 13.3. The molecule has 1 aliphatic heterocycles. The van der Waals surface area contributed by atoms with Crippen molar-refractivity contribution in [2.24, 2.45) is 0 Å². The van der Waals surface area contributed by atoms with Crippen LogP contribution in [0.2, 0.25) is 0 Å². The monoisotopic (exact) mass is 390 g/mol. The number of pyridine rings is 1. The molecule has 0 atom stereocenters. The third-order valence-electron chi connectivity index (χ3n) is 5.42. The number of hydrogen-bond donors (Lipinski definition) is 0. The van der Waals surface area contributed by atoms with Gasteiger partial charge in [0.25, 0.3) is 0 Å². The molecule has 1 fully saturated rings. The molecule has 1 amide bonds. The minimum Gasteiger partial charge on any atom is -0.339 e. The highest BCUT2D eigenvalue weighted by atomic mass is 19.4. The fourth-order valence-electron chi connectivity index (χ4n) is 4.03. The van der Waals surface area contributed by atoms with Crippen LogP contribution in [0.25, 0.3) is 6.08 Å². The van der Waals surface area contributed by atoms with Gasteiger partial charge in [-0.05, 0) is 48.1 Å². The number of piperidine rings is 1. The van der Waals surface area contributed by atoms with E-state index in [-0.39, 0.29) is 11.8 Å². The molecular weight excluding hydrogens is 372 g/mol. The van der Waals surface area contributed by atoms with E-state index < -0.39 is 17.6 Å². The predicted molar refractivity (Wildman–Crippen MR) is 95.9 cm³/mol. The van der Waals surface area contributed by atoms with Crippen LogP contribution in [0.1, 0.15) is 41.1 Å². The number of halogens is 4. The highest BCUT2D eigenvalue weighted by Gasteiger charge is 2.36. The zero-order valence-corrected chi connectivity index (χ0v) is 15.0. The van der Waals surface area contributed by atoms with Gasteiger partial charge in [0.2, 0.25) is 5.91 Å². The summed E-state index contributed by atoms with van der Waals surface area (Å²) in [5.74, 6) is -0.821. The molecule has 0 bridgehead atoms. The highest BCUT2D eigenvalue weighted by Crippen LogP contribution is 2.39. The molecule has 7 heteroatoms. The molecule has 3 nitrogen and oxygen atoms in total. The second-order valence-electron chi connectivity index (χ2n) is 7.20. The van der Waals surface area contributed by atoms with Crippen LogP contribution in [-0.2, 0) is 17.4 Å². The van der Waals surface area contributed by atoms with Crippen LogP contribution >= 0.6 is 0 Å². The molecular formula is C21H18F4N2O. The van der Waals surface area contributed by atoms with E-state index in [1.54, 1.807) is 17.0 Å². The lowest BCUT2D eigenvalue weighted by atomic mass is 9.86. The Morgan fingerprint density at radius 2 is 1.86 bits per heavy atom. The number of amides is 1. The van der Waals surface area contributed by atoms with Crippen molar-refractivity contribution in [1.82, 2.24) is 9.88 Å². The highest BCUT2D eigenvalue weighted by molar-refractivity contribution is 6.00. The molecule has 0 N–H and O–H groups in total. The summed E-state index contributed by atoms with van der Waals surface area (Å²) in [7, 11) is 0. The Hall–Kier alpha value is -2.70. The topological polar surface area (TPSA) is 33.2 Å². The molecule has 146 valence electrons.